The molecule has 0 aliphatic carbocycles. The van der Waals surface area contributed by atoms with Gasteiger partial charge < -0.3 is 10.2 Å². The van der Waals surface area contributed by atoms with Gasteiger partial charge in [-0.1, -0.05) is 18.2 Å². The van der Waals surface area contributed by atoms with E-state index >= 15 is 0 Å². The van der Waals surface area contributed by atoms with Gasteiger partial charge in [0.15, 0.2) is 5.11 Å². The monoisotopic (exact) mass is 343 g/mol. The van der Waals surface area contributed by atoms with Crippen molar-refractivity contribution in [2.75, 3.05) is 31.5 Å². The van der Waals surface area contributed by atoms with Crippen molar-refractivity contribution >= 4 is 23.0 Å². The van der Waals surface area contributed by atoms with Crippen LogP contribution in [-0.4, -0.2) is 50.9 Å². The van der Waals surface area contributed by atoms with Crippen LogP contribution in [0.1, 0.15) is 16.8 Å². The molecule has 2 heterocycles. The number of piperazine rings is 1. The summed E-state index contributed by atoms with van der Waals surface area (Å²) in [6.07, 6.45) is 2.12. The van der Waals surface area contributed by atoms with Crippen LogP contribution in [0.15, 0.2) is 30.5 Å². The quantitative estimate of drug-likeness (QED) is 0.867. The Balaban J connectivity index is 1.52. The van der Waals surface area contributed by atoms with Gasteiger partial charge in [0.25, 0.3) is 0 Å². The van der Waals surface area contributed by atoms with Crippen molar-refractivity contribution in [2.45, 2.75) is 20.4 Å². The predicted octanol–water partition coefficient (Wildman–Crippen LogP) is 2.55. The van der Waals surface area contributed by atoms with Gasteiger partial charge >= 0.3 is 0 Å². The molecule has 3 rings (SSSR count). The van der Waals surface area contributed by atoms with E-state index in [1.807, 2.05) is 23.9 Å². The normalized spacial score (nSPS) is 15.5. The Bertz CT molecular complexity index is 716. The van der Waals surface area contributed by atoms with Gasteiger partial charge in [0, 0.05) is 57.2 Å². The van der Waals surface area contributed by atoms with Crippen LogP contribution in [0, 0.1) is 13.8 Å². The molecule has 128 valence electrons. The summed E-state index contributed by atoms with van der Waals surface area (Å²) in [5.74, 6) is 0. The van der Waals surface area contributed by atoms with Gasteiger partial charge in [-0.15, -0.1) is 0 Å². The summed E-state index contributed by atoms with van der Waals surface area (Å²) in [4.78, 5) is 4.73. The van der Waals surface area contributed by atoms with Crippen LogP contribution < -0.4 is 5.32 Å². The number of rotatable bonds is 3. The summed E-state index contributed by atoms with van der Waals surface area (Å²) in [6.45, 7) is 9.08. The van der Waals surface area contributed by atoms with Gasteiger partial charge in [-0.3, -0.25) is 9.58 Å². The molecule has 1 aromatic carbocycles. The third-order valence-corrected chi connectivity index (χ3v) is 4.92. The maximum atomic E-state index is 5.59. The number of nitrogens with zero attached hydrogens (tertiary/aromatic N) is 4. The molecule has 1 aromatic heterocycles. The highest BCUT2D eigenvalue weighted by molar-refractivity contribution is 7.80. The van der Waals surface area contributed by atoms with E-state index in [9.17, 15) is 0 Å². The highest BCUT2D eigenvalue weighted by Crippen LogP contribution is 2.16. The molecule has 0 spiro atoms. The zero-order valence-corrected chi connectivity index (χ0v) is 15.4. The molecule has 1 saturated heterocycles. The number of anilines is 1. The molecule has 1 aliphatic rings. The lowest BCUT2D eigenvalue weighted by Crippen LogP contribution is -2.49. The standard InChI is InChI=1S/C18H25N5S/c1-14-6-4-5-7-17(14)19-18(24)23-10-8-22(9-11-23)13-16-12-21(3)20-15(16)2/h4-7,12H,8-11,13H2,1-3H3,(H,19,24). The fourth-order valence-electron chi connectivity index (χ4n) is 3.06. The average molecular weight is 344 g/mol. The Morgan fingerprint density at radius 1 is 1.17 bits per heavy atom. The van der Waals surface area contributed by atoms with Gasteiger partial charge in [-0.2, -0.15) is 5.10 Å². The first kappa shape index (κ1) is 16.9. The summed E-state index contributed by atoms with van der Waals surface area (Å²) < 4.78 is 1.89. The molecule has 6 heteroatoms. The molecule has 0 radical (unpaired) electrons. The summed E-state index contributed by atoms with van der Waals surface area (Å²) in [6, 6.07) is 8.25. The van der Waals surface area contributed by atoms with Crippen molar-refractivity contribution in [3.8, 4) is 0 Å². The SMILES string of the molecule is Cc1ccccc1NC(=S)N1CCN(Cc2cn(C)nc2C)CC1. The zero-order chi connectivity index (χ0) is 17.1. The number of para-hydroxylation sites is 1. The largest absolute Gasteiger partial charge is 0.346 e. The molecule has 0 atom stereocenters. The van der Waals surface area contributed by atoms with E-state index in [1.54, 1.807) is 0 Å². The fraction of sp³-hybridized carbons (Fsp3) is 0.444. The predicted molar refractivity (Wildman–Crippen MR) is 102 cm³/mol. The molecule has 0 amide bonds. The number of thiocarbonyl (C=S) groups is 1. The molecular formula is C18H25N5S. The molecule has 0 bridgehead atoms. The Kier molecular flexibility index (Phi) is 5.16. The number of nitrogens with one attached hydrogen (secondary N) is 1. The van der Waals surface area contributed by atoms with E-state index in [-0.39, 0.29) is 0 Å². The van der Waals surface area contributed by atoms with Gasteiger partial charge in [0.05, 0.1) is 5.69 Å². The Morgan fingerprint density at radius 2 is 1.88 bits per heavy atom. The third kappa shape index (κ3) is 3.94. The maximum Gasteiger partial charge on any atom is 0.173 e. The van der Waals surface area contributed by atoms with Crippen LogP contribution in [-0.2, 0) is 13.6 Å². The minimum absolute atomic E-state index is 0.821. The Morgan fingerprint density at radius 3 is 2.50 bits per heavy atom. The average Bonchev–Trinajstić information content (AvgIpc) is 2.88. The Hall–Kier alpha value is -1.92. The van der Waals surface area contributed by atoms with Crippen molar-refractivity contribution in [1.29, 1.82) is 0 Å². The molecule has 2 aromatic rings. The highest BCUT2D eigenvalue weighted by atomic mass is 32.1. The minimum Gasteiger partial charge on any atom is -0.346 e. The number of hydrogen-bond donors (Lipinski definition) is 1. The number of hydrogen-bond acceptors (Lipinski definition) is 3. The van der Waals surface area contributed by atoms with Crippen molar-refractivity contribution in [3.63, 3.8) is 0 Å². The second-order valence-electron chi connectivity index (χ2n) is 6.42. The molecule has 1 N–H and O–H groups in total. The van der Waals surface area contributed by atoms with E-state index in [0.29, 0.717) is 0 Å². The first-order valence-electron chi connectivity index (χ1n) is 8.36. The number of aryl methyl sites for hydroxylation is 3. The molecule has 1 aliphatic heterocycles. The fourth-order valence-corrected chi connectivity index (χ4v) is 3.35. The van der Waals surface area contributed by atoms with E-state index < -0.39 is 0 Å². The van der Waals surface area contributed by atoms with Crippen LogP contribution in [0.2, 0.25) is 0 Å². The van der Waals surface area contributed by atoms with E-state index in [0.717, 1.165) is 49.2 Å². The second kappa shape index (κ2) is 7.32. The molecule has 5 nitrogen and oxygen atoms in total. The van der Waals surface area contributed by atoms with Crippen LogP contribution >= 0.6 is 12.2 Å². The molecular weight excluding hydrogens is 318 g/mol. The van der Waals surface area contributed by atoms with Crippen molar-refractivity contribution in [2.24, 2.45) is 7.05 Å². The molecule has 0 unspecified atom stereocenters. The van der Waals surface area contributed by atoms with Crippen LogP contribution in [0.3, 0.4) is 0 Å². The lowest BCUT2D eigenvalue weighted by molar-refractivity contribution is 0.176. The van der Waals surface area contributed by atoms with Crippen molar-refractivity contribution < 1.29 is 0 Å². The summed E-state index contributed by atoms with van der Waals surface area (Å²) >= 11 is 5.59. The lowest BCUT2D eigenvalue weighted by Gasteiger charge is -2.36. The van der Waals surface area contributed by atoms with E-state index in [1.165, 1.54) is 11.1 Å². The number of aromatic nitrogens is 2. The molecule has 1 fully saturated rings. The Labute approximate surface area is 149 Å². The van der Waals surface area contributed by atoms with Crippen LogP contribution in [0.25, 0.3) is 0 Å². The lowest BCUT2D eigenvalue weighted by atomic mass is 10.2. The third-order valence-electron chi connectivity index (χ3n) is 4.56. The minimum atomic E-state index is 0.821. The summed E-state index contributed by atoms with van der Waals surface area (Å²) in [5.41, 5.74) is 4.74. The summed E-state index contributed by atoms with van der Waals surface area (Å²) in [7, 11) is 1.98. The van der Waals surface area contributed by atoms with Gasteiger partial charge in [-0.05, 0) is 37.7 Å². The second-order valence-corrected chi connectivity index (χ2v) is 6.81. The zero-order valence-electron chi connectivity index (χ0n) is 14.6. The van der Waals surface area contributed by atoms with E-state index in [4.69, 9.17) is 12.2 Å². The van der Waals surface area contributed by atoms with Crippen molar-refractivity contribution in [3.05, 3.63) is 47.3 Å². The van der Waals surface area contributed by atoms with Crippen LogP contribution in [0.5, 0.6) is 0 Å². The smallest absolute Gasteiger partial charge is 0.173 e. The highest BCUT2D eigenvalue weighted by Gasteiger charge is 2.20. The maximum absolute atomic E-state index is 5.59. The van der Waals surface area contributed by atoms with Crippen molar-refractivity contribution in [1.82, 2.24) is 19.6 Å². The first-order valence-corrected chi connectivity index (χ1v) is 8.77. The molecule has 0 saturated carbocycles. The molecule has 24 heavy (non-hydrogen) atoms. The van der Waals surface area contributed by atoms with Gasteiger partial charge in [-0.25, -0.2) is 0 Å². The van der Waals surface area contributed by atoms with Crippen LogP contribution in [0.4, 0.5) is 5.69 Å². The topological polar surface area (TPSA) is 36.3 Å². The summed E-state index contributed by atoms with van der Waals surface area (Å²) in [5, 5.41) is 8.63. The first-order chi connectivity index (χ1) is 11.5. The van der Waals surface area contributed by atoms with Gasteiger partial charge in [0.1, 0.15) is 0 Å². The van der Waals surface area contributed by atoms with Gasteiger partial charge in [0.2, 0.25) is 0 Å². The number of benzene rings is 1. The van der Waals surface area contributed by atoms with E-state index in [2.05, 4.69) is 52.4 Å².